The van der Waals surface area contributed by atoms with Crippen LogP contribution < -0.4 is 5.32 Å². The zero-order valence-electron chi connectivity index (χ0n) is 15.3. The maximum absolute atomic E-state index is 12.8. The summed E-state index contributed by atoms with van der Waals surface area (Å²) < 4.78 is 5.60. The molecule has 0 spiro atoms. The molecule has 140 valence electrons. The lowest BCUT2D eigenvalue weighted by atomic mass is 10.2. The molecule has 0 aliphatic carbocycles. The molecule has 1 aliphatic heterocycles. The number of carbonyl (C=O) groups excluding carboxylic acids is 1. The molecule has 2 N–H and O–H groups in total. The minimum Gasteiger partial charge on any atom is -0.378 e. The molecule has 0 unspecified atom stereocenters. The second-order valence-electron chi connectivity index (χ2n) is 6.80. The van der Waals surface area contributed by atoms with Gasteiger partial charge in [0, 0.05) is 62.4 Å². The quantitative estimate of drug-likeness (QED) is 0.706. The lowest BCUT2D eigenvalue weighted by Crippen LogP contribution is -2.43. The van der Waals surface area contributed by atoms with Crippen molar-refractivity contribution in [3.63, 3.8) is 0 Å². The molecule has 8 heteroatoms. The van der Waals surface area contributed by atoms with Gasteiger partial charge in [-0.15, -0.1) is 0 Å². The third-order valence-electron chi connectivity index (χ3n) is 4.88. The summed E-state index contributed by atoms with van der Waals surface area (Å²) in [5, 5.41) is 3.90. The molecule has 0 saturated carbocycles. The second kappa shape index (κ2) is 7.42. The van der Waals surface area contributed by atoms with E-state index < -0.39 is 0 Å². The van der Waals surface area contributed by atoms with Gasteiger partial charge in [0.15, 0.2) is 0 Å². The van der Waals surface area contributed by atoms with Crippen molar-refractivity contribution in [3.8, 4) is 0 Å². The molecule has 8 nitrogen and oxygen atoms in total. The fourth-order valence-corrected chi connectivity index (χ4v) is 3.49. The molecule has 1 amide bonds. The number of pyridine rings is 1. The summed E-state index contributed by atoms with van der Waals surface area (Å²) in [7, 11) is 1.67. The number of nitrogens with one attached hydrogen (secondary N) is 2. The summed E-state index contributed by atoms with van der Waals surface area (Å²) in [6.07, 6.45) is 6.92. The summed E-state index contributed by atoms with van der Waals surface area (Å²) in [4.78, 5) is 31.1. The van der Waals surface area contributed by atoms with Crippen molar-refractivity contribution in [2.24, 2.45) is 0 Å². The van der Waals surface area contributed by atoms with Crippen LogP contribution in [-0.2, 0) is 11.3 Å². The van der Waals surface area contributed by atoms with Crippen LogP contribution >= 0.6 is 0 Å². The Morgan fingerprint density at radius 1 is 1.30 bits per heavy atom. The molecule has 27 heavy (non-hydrogen) atoms. The van der Waals surface area contributed by atoms with Crippen molar-refractivity contribution in [1.82, 2.24) is 30.2 Å². The zero-order chi connectivity index (χ0) is 18.8. The zero-order valence-corrected chi connectivity index (χ0v) is 15.3. The highest BCUT2D eigenvalue weighted by molar-refractivity contribution is 6.04. The SMILES string of the molecule is CO[C@@H]1CN(Cc2cnc(C)cn2)C[C@H]1NC(=O)c1nccc2[nH]ccc12. The molecule has 4 heterocycles. The monoisotopic (exact) mass is 366 g/mol. The number of rotatable bonds is 5. The molecule has 0 radical (unpaired) electrons. The lowest BCUT2D eigenvalue weighted by molar-refractivity contribution is 0.0757. The number of fused-ring (bicyclic) bond motifs is 1. The van der Waals surface area contributed by atoms with Gasteiger partial charge in [0.05, 0.1) is 23.5 Å². The smallest absolute Gasteiger partial charge is 0.270 e. The van der Waals surface area contributed by atoms with Crippen molar-refractivity contribution >= 4 is 16.8 Å². The van der Waals surface area contributed by atoms with Gasteiger partial charge in [0.1, 0.15) is 5.69 Å². The van der Waals surface area contributed by atoms with Crippen LogP contribution in [-0.4, -0.2) is 63.1 Å². The van der Waals surface area contributed by atoms with Crippen molar-refractivity contribution in [2.45, 2.75) is 25.6 Å². The van der Waals surface area contributed by atoms with Crippen LogP contribution in [0.5, 0.6) is 0 Å². The van der Waals surface area contributed by atoms with E-state index in [1.54, 1.807) is 31.9 Å². The molecular formula is C19H22N6O2. The average Bonchev–Trinajstić information content (AvgIpc) is 3.29. The molecule has 4 rings (SSSR count). The fourth-order valence-electron chi connectivity index (χ4n) is 3.49. The van der Waals surface area contributed by atoms with Gasteiger partial charge in [-0.25, -0.2) is 0 Å². The largest absolute Gasteiger partial charge is 0.378 e. The summed E-state index contributed by atoms with van der Waals surface area (Å²) in [5.41, 5.74) is 3.11. The molecule has 0 aromatic carbocycles. The first kappa shape index (κ1) is 17.6. The van der Waals surface area contributed by atoms with Crippen molar-refractivity contribution in [1.29, 1.82) is 0 Å². The fraction of sp³-hybridized carbons (Fsp3) is 0.368. The molecule has 3 aromatic rings. The van der Waals surface area contributed by atoms with E-state index in [0.717, 1.165) is 28.8 Å². The van der Waals surface area contributed by atoms with E-state index in [-0.39, 0.29) is 18.1 Å². The topological polar surface area (TPSA) is 96.0 Å². The Morgan fingerprint density at radius 2 is 2.19 bits per heavy atom. The minimum atomic E-state index is -0.191. The van der Waals surface area contributed by atoms with Gasteiger partial charge in [-0.05, 0) is 19.1 Å². The number of aromatic amines is 1. The molecule has 1 fully saturated rings. The Hall–Kier alpha value is -2.84. The Kier molecular flexibility index (Phi) is 4.83. The van der Waals surface area contributed by atoms with Crippen LogP contribution in [0.1, 0.15) is 21.9 Å². The normalized spacial score (nSPS) is 20.2. The average molecular weight is 366 g/mol. The number of hydrogen-bond acceptors (Lipinski definition) is 6. The van der Waals surface area contributed by atoms with Gasteiger partial charge < -0.3 is 15.0 Å². The van der Waals surface area contributed by atoms with Gasteiger partial charge >= 0.3 is 0 Å². The van der Waals surface area contributed by atoms with Gasteiger partial charge in [-0.2, -0.15) is 0 Å². The van der Waals surface area contributed by atoms with Gasteiger partial charge in [-0.1, -0.05) is 0 Å². The number of aryl methyl sites for hydroxylation is 1. The van der Waals surface area contributed by atoms with E-state index in [9.17, 15) is 4.79 Å². The van der Waals surface area contributed by atoms with Crippen molar-refractivity contribution in [3.05, 3.63) is 54.0 Å². The Morgan fingerprint density at radius 3 is 2.96 bits per heavy atom. The maximum Gasteiger partial charge on any atom is 0.270 e. The highest BCUT2D eigenvalue weighted by Gasteiger charge is 2.34. The van der Waals surface area contributed by atoms with E-state index in [2.05, 4.69) is 30.2 Å². The molecule has 1 saturated heterocycles. The summed E-state index contributed by atoms with van der Waals surface area (Å²) in [6, 6.07) is 3.60. The number of carbonyl (C=O) groups is 1. The van der Waals surface area contributed by atoms with Gasteiger partial charge in [-0.3, -0.25) is 24.6 Å². The third-order valence-corrected chi connectivity index (χ3v) is 4.88. The minimum absolute atomic E-state index is 0.0854. The predicted octanol–water partition coefficient (Wildman–Crippen LogP) is 1.29. The number of likely N-dealkylation sites (tertiary alicyclic amines) is 1. The first-order valence-electron chi connectivity index (χ1n) is 8.89. The summed E-state index contributed by atoms with van der Waals surface area (Å²) >= 11 is 0. The predicted molar refractivity (Wildman–Crippen MR) is 100 cm³/mol. The molecule has 1 aliphatic rings. The summed E-state index contributed by atoms with van der Waals surface area (Å²) in [5.74, 6) is -0.191. The highest BCUT2D eigenvalue weighted by atomic mass is 16.5. The number of aromatic nitrogens is 4. The number of H-pyrrole nitrogens is 1. The Bertz CT molecular complexity index is 939. The lowest BCUT2D eigenvalue weighted by Gasteiger charge is -2.18. The molecular weight excluding hydrogens is 344 g/mol. The van der Waals surface area contributed by atoms with Crippen molar-refractivity contribution < 1.29 is 9.53 Å². The van der Waals surface area contributed by atoms with Crippen LogP contribution in [0, 0.1) is 6.92 Å². The van der Waals surface area contributed by atoms with Gasteiger partial charge in [0.25, 0.3) is 5.91 Å². The standard InChI is InChI=1S/C19H22N6O2/c1-12-7-23-13(8-22-12)9-25-10-16(17(11-25)27-2)24-19(26)18-14-3-5-20-15(14)4-6-21-18/h3-8,16-17,20H,9-11H2,1-2H3,(H,24,26)/t16-,17-/m1/s1. The second-order valence-corrected chi connectivity index (χ2v) is 6.80. The van der Waals surface area contributed by atoms with Crippen molar-refractivity contribution in [2.75, 3.05) is 20.2 Å². The Labute approximate surface area is 157 Å². The highest BCUT2D eigenvalue weighted by Crippen LogP contribution is 2.18. The molecule has 0 bridgehead atoms. The van der Waals surface area contributed by atoms with Crippen LogP contribution in [0.15, 0.2) is 36.9 Å². The van der Waals surface area contributed by atoms with Crippen LogP contribution in [0.2, 0.25) is 0 Å². The number of ether oxygens (including phenoxy) is 1. The van der Waals surface area contributed by atoms with Crippen LogP contribution in [0.4, 0.5) is 0 Å². The first-order valence-corrected chi connectivity index (χ1v) is 8.89. The van der Waals surface area contributed by atoms with Crippen LogP contribution in [0.25, 0.3) is 10.9 Å². The van der Waals surface area contributed by atoms with E-state index in [1.165, 1.54) is 0 Å². The third kappa shape index (κ3) is 3.67. The maximum atomic E-state index is 12.8. The van der Waals surface area contributed by atoms with Gasteiger partial charge in [0.2, 0.25) is 0 Å². The summed E-state index contributed by atoms with van der Waals surface area (Å²) in [6.45, 7) is 3.99. The van der Waals surface area contributed by atoms with E-state index in [1.807, 2.05) is 19.1 Å². The van der Waals surface area contributed by atoms with E-state index in [0.29, 0.717) is 18.8 Å². The number of amides is 1. The molecule has 3 aromatic heterocycles. The Balaban J connectivity index is 1.45. The molecule has 2 atom stereocenters. The number of nitrogens with zero attached hydrogens (tertiary/aromatic N) is 4. The number of methoxy groups -OCH3 is 1. The van der Waals surface area contributed by atoms with E-state index >= 15 is 0 Å². The first-order chi connectivity index (χ1) is 13.1. The van der Waals surface area contributed by atoms with Crippen LogP contribution in [0.3, 0.4) is 0 Å². The number of hydrogen-bond donors (Lipinski definition) is 2. The van der Waals surface area contributed by atoms with E-state index in [4.69, 9.17) is 4.74 Å².